The molecule has 32 heavy (non-hydrogen) atoms. The Morgan fingerprint density at radius 1 is 0.938 bits per heavy atom. The first-order chi connectivity index (χ1) is 15.5. The fraction of sp³-hybridized carbons (Fsp3) is 0.333. The molecule has 1 heterocycles. The summed E-state index contributed by atoms with van der Waals surface area (Å²) in [6, 6.07) is 15.6. The van der Waals surface area contributed by atoms with Crippen molar-refractivity contribution in [1.29, 1.82) is 0 Å². The largest absolute Gasteiger partial charge is 0.348 e. The molecule has 1 aliphatic heterocycles. The molecule has 0 atom stereocenters. The highest BCUT2D eigenvalue weighted by atomic mass is 16.2. The highest BCUT2D eigenvalue weighted by Gasteiger charge is 2.51. The maximum absolute atomic E-state index is 12.9. The van der Waals surface area contributed by atoms with Crippen molar-refractivity contribution in [2.75, 3.05) is 11.9 Å². The van der Waals surface area contributed by atoms with Gasteiger partial charge < -0.3 is 16.0 Å². The number of rotatable bonds is 6. The summed E-state index contributed by atoms with van der Waals surface area (Å²) in [5.41, 5.74) is 0.711. The smallest absolute Gasteiger partial charge is 0.325 e. The van der Waals surface area contributed by atoms with E-state index in [2.05, 4.69) is 16.0 Å². The van der Waals surface area contributed by atoms with Crippen molar-refractivity contribution in [3.8, 4) is 0 Å². The monoisotopic (exact) mass is 434 g/mol. The number of carbonyl (C=O) groups excluding carboxylic acids is 4. The van der Waals surface area contributed by atoms with Gasteiger partial charge in [0.05, 0.1) is 11.3 Å². The average molecular weight is 434 g/mol. The minimum absolute atomic E-state index is 0.303. The summed E-state index contributed by atoms with van der Waals surface area (Å²) in [6.07, 6.45) is 3.98. The molecule has 8 heteroatoms. The number of para-hydroxylation sites is 1. The van der Waals surface area contributed by atoms with Crippen LogP contribution in [0.5, 0.6) is 0 Å². The molecule has 2 aromatic carbocycles. The molecule has 1 spiro atoms. The summed E-state index contributed by atoms with van der Waals surface area (Å²) in [5.74, 6) is -1.21. The molecular weight excluding hydrogens is 408 g/mol. The molecule has 2 aromatic rings. The number of urea groups is 1. The van der Waals surface area contributed by atoms with Crippen molar-refractivity contribution in [1.82, 2.24) is 15.5 Å². The SMILES string of the molecule is O=C(CN1C(=O)NC2(CCCCC2)C1=O)Nc1ccccc1C(=O)NCc1ccccc1. The first kappa shape index (κ1) is 21.5. The number of carbonyl (C=O) groups is 4. The molecular formula is C24H26N4O4. The van der Waals surface area contributed by atoms with Crippen molar-refractivity contribution in [2.24, 2.45) is 0 Å². The molecule has 166 valence electrons. The Kier molecular flexibility index (Phi) is 6.20. The van der Waals surface area contributed by atoms with E-state index in [1.54, 1.807) is 24.3 Å². The van der Waals surface area contributed by atoms with E-state index in [1.807, 2.05) is 30.3 Å². The van der Waals surface area contributed by atoms with Crippen LogP contribution in [0.15, 0.2) is 54.6 Å². The Morgan fingerprint density at radius 3 is 2.38 bits per heavy atom. The number of anilines is 1. The number of benzene rings is 2. The maximum atomic E-state index is 12.9. The molecule has 0 aromatic heterocycles. The Bertz CT molecular complexity index is 1030. The van der Waals surface area contributed by atoms with E-state index in [1.165, 1.54) is 0 Å². The van der Waals surface area contributed by atoms with Crippen LogP contribution < -0.4 is 16.0 Å². The molecule has 0 bridgehead atoms. The van der Waals surface area contributed by atoms with Crippen LogP contribution in [0, 0.1) is 0 Å². The molecule has 3 N–H and O–H groups in total. The molecule has 8 nitrogen and oxygen atoms in total. The first-order valence-electron chi connectivity index (χ1n) is 10.8. The van der Waals surface area contributed by atoms with Crippen LogP contribution in [0.2, 0.25) is 0 Å². The van der Waals surface area contributed by atoms with Gasteiger partial charge in [-0.15, -0.1) is 0 Å². The number of nitrogens with zero attached hydrogens (tertiary/aromatic N) is 1. The fourth-order valence-corrected chi connectivity index (χ4v) is 4.31. The predicted molar refractivity (Wildman–Crippen MR) is 119 cm³/mol. The van der Waals surface area contributed by atoms with Crippen molar-refractivity contribution >= 4 is 29.4 Å². The van der Waals surface area contributed by atoms with Crippen LogP contribution in [0.4, 0.5) is 10.5 Å². The van der Waals surface area contributed by atoms with Gasteiger partial charge in [0, 0.05) is 6.54 Å². The topological polar surface area (TPSA) is 108 Å². The molecule has 0 unspecified atom stereocenters. The van der Waals surface area contributed by atoms with E-state index >= 15 is 0 Å². The van der Waals surface area contributed by atoms with E-state index < -0.39 is 24.0 Å². The number of hydrogen-bond acceptors (Lipinski definition) is 4. The van der Waals surface area contributed by atoms with Gasteiger partial charge in [0.15, 0.2) is 0 Å². The van der Waals surface area contributed by atoms with Crippen molar-refractivity contribution < 1.29 is 19.2 Å². The Balaban J connectivity index is 1.40. The third-order valence-electron chi connectivity index (χ3n) is 6.00. The van der Waals surface area contributed by atoms with Gasteiger partial charge in [0.2, 0.25) is 5.91 Å². The van der Waals surface area contributed by atoms with Gasteiger partial charge in [-0.1, -0.05) is 61.7 Å². The van der Waals surface area contributed by atoms with Gasteiger partial charge in [-0.2, -0.15) is 0 Å². The number of amides is 5. The van der Waals surface area contributed by atoms with Crippen molar-refractivity contribution in [2.45, 2.75) is 44.2 Å². The maximum Gasteiger partial charge on any atom is 0.325 e. The van der Waals surface area contributed by atoms with E-state index in [0.29, 0.717) is 30.6 Å². The molecule has 5 amide bonds. The lowest BCUT2D eigenvalue weighted by atomic mass is 9.82. The van der Waals surface area contributed by atoms with E-state index in [0.717, 1.165) is 29.7 Å². The molecule has 1 aliphatic carbocycles. The summed E-state index contributed by atoms with van der Waals surface area (Å²) < 4.78 is 0. The lowest BCUT2D eigenvalue weighted by Crippen LogP contribution is -2.48. The Labute approximate surface area is 186 Å². The van der Waals surface area contributed by atoms with Gasteiger partial charge >= 0.3 is 6.03 Å². The van der Waals surface area contributed by atoms with Gasteiger partial charge in [-0.25, -0.2) is 4.79 Å². The minimum Gasteiger partial charge on any atom is -0.348 e. The average Bonchev–Trinajstić information content (AvgIpc) is 3.02. The third kappa shape index (κ3) is 4.49. The summed E-state index contributed by atoms with van der Waals surface area (Å²) in [4.78, 5) is 51.6. The summed E-state index contributed by atoms with van der Waals surface area (Å²) in [5, 5.41) is 8.30. The molecule has 2 fully saturated rings. The highest BCUT2D eigenvalue weighted by Crippen LogP contribution is 2.33. The third-order valence-corrected chi connectivity index (χ3v) is 6.00. The summed E-state index contributed by atoms with van der Waals surface area (Å²) >= 11 is 0. The number of hydrogen-bond donors (Lipinski definition) is 3. The minimum atomic E-state index is -0.870. The zero-order chi connectivity index (χ0) is 22.6. The Hall–Kier alpha value is -3.68. The molecule has 1 saturated heterocycles. The zero-order valence-corrected chi connectivity index (χ0v) is 17.7. The van der Waals surface area contributed by atoms with Crippen LogP contribution in [0.3, 0.4) is 0 Å². The highest BCUT2D eigenvalue weighted by molar-refractivity contribution is 6.11. The standard InChI is InChI=1S/C24H26N4O4/c29-20(16-28-22(31)24(27-23(28)32)13-7-2-8-14-24)26-19-12-6-5-11-18(19)21(30)25-15-17-9-3-1-4-10-17/h1,3-6,9-12H,2,7-8,13-16H2,(H,25,30)(H,26,29)(H,27,32). The quantitative estimate of drug-likeness (QED) is 0.608. The normalized spacial score (nSPS) is 17.2. The second-order valence-electron chi connectivity index (χ2n) is 8.23. The van der Waals surface area contributed by atoms with Crippen LogP contribution in [-0.2, 0) is 16.1 Å². The van der Waals surface area contributed by atoms with Gasteiger partial charge in [-0.05, 0) is 30.5 Å². The van der Waals surface area contributed by atoms with E-state index in [-0.39, 0.29) is 11.8 Å². The van der Waals surface area contributed by atoms with Crippen LogP contribution >= 0.6 is 0 Å². The van der Waals surface area contributed by atoms with Crippen LogP contribution in [0.1, 0.15) is 48.0 Å². The molecule has 0 radical (unpaired) electrons. The summed E-state index contributed by atoms with van der Waals surface area (Å²) in [7, 11) is 0. The van der Waals surface area contributed by atoms with Gasteiger partial charge in [-0.3, -0.25) is 19.3 Å². The lowest BCUT2D eigenvalue weighted by Gasteiger charge is -2.30. The van der Waals surface area contributed by atoms with E-state index in [4.69, 9.17) is 0 Å². The first-order valence-corrected chi connectivity index (χ1v) is 10.8. The predicted octanol–water partition coefficient (Wildman–Crippen LogP) is 2.81. The van der Waals surface area contributed by atoms with Crippen LogP contribution in [-0.4, -0.2) is 40.7 Å². The summed E-state index contributed by atoms with van der Waals surface area (Å²) in [6.45, 7) is -0.0428. The second kappa shape index (κ2) is 9.21. The lowest BCUT2D eigenvalue weighted by molar-refractivity contribution is -0.134. The van der Waals surface area contributed by atoms with Crippen molar-refractivity contribution in [3.63, 3.8) is 0 Å². The van der Waals surface area contributed by atoms with E-state index in [9.17, 15) is 19.2 Å². The van der Waals surface area contributed by atoms with Crippen LogP contribution in [0.25, 0.3) is 0 Å². The second-order valence-corrected chi connectivity index (χ2v) is 8.23. The zero-order valence-electron chi connectivity index (χ0n) is 17.7. The Morgan fingerprint density at radius 2 is 1.62 bits per heavy atom. The molecule has 2 aliphatic rings. The fourth-order valence-electron chi connectivity index (χ4n) is 4.31. The molecule has 1 saturated carbocycles. The molecule has 4 rings (SSSR count). The van der Waals surface area contributed by atoms with Gasteiger partial charge in [0.1, 0.15) is 12.1 Å². The van der Waals surface area contributed by atoms with Gasteiger partial charge in [0.25, 0.3) is 11.8 Å². The van der Waals surface area contributed by atoms with Crippen molar-refractivity contribution in [3.05, 3.63) is 65.7 Å². The number of nitrogens with one attached hydrogen (secondary N) is 3. The number of imide groups is 1.